The molecule has 1 unspecified atom stereocenters. The van der Waals surface area contributed by atoms with Gasteiger partial charge in [-0.2, -0.15) is 0 Å². The van der Waals surface area contributed by atoms with Gasteiger partial charge in [-0.25, -0.2) is 0 Å². The Morgan fingerprint density at radius 1 is 1.00 bits per heavy atom. The van der Waals surface area contributed by atoms with E-state index >= 15 is 0 Å². The summed E-state index contributed by atoms with van der Waals surface area (Å²) in [5.74, 6) is 0.555. The van der Waals surface area contributed by atoms with E-state index in [1.54, 1.807) is 12.1 Å². The maximum Gasteiger partial charge on any atom is 0.139 e. The summed E-state index contributed by atoms with van der Waals surface area (Å²) in [5, 5.41) is 1.25. The number of ether oxygens (including phenoxy) is 1. The fraction of sp³-hybridized carbons (Fsp3) is 0.250. The third-order valence-electron chi connectivity index (χ3n) is 3.21. The zero-order valence-electron chi connectivity index (χ0n) is 11.6. The van der Waals surface area contributed by atoms with E-state index in [4.69, 9.17) is 51.1 Å². The summed E-state index contributed by atoms with van der Waals surface area (Å²) in [6, 6.07) is 9.06. The Labute approximate surface area is 144 Å². The van der Waals surface area contributed by atoms with Crippen molar-refractivity contribution >= 4 is 46.4 Å². The summed E-state index contributed by atoms with van der Waals surface area (Å²) in [6.07, 6.45) is 0. The lowest BCUT2D eigenvalue weighted by atomic mass is 10.00. The molecule has 0 aromatic heterocycles. The van der Waals surface area contributed by atoms with Crippen LogP contribution in [0.2, 0.25) is 15.1 Å². The molecule has 0 N–H and O–H groups in total. The Kier molecular flexibility index (Phi) is 5.67. The van der Waals surface area contributed by atoms with Gasteiger partial charge >= 0.3 is 0 Å². The number of rotatable bonds is 4. The maximum atomic E-state index is 6.57. The molecular formula is C16H14Cl4O. The minimum Gasteiger partial charge on any atom is -0.492 e. The highest BCUT2D eigenvalue weighted by molar-refractivity contribution is 6.36. The Hall–Kier alpha value is -0.600. The molecule has 0 saturated heterocycles. The molecule has 0 aliphatic rings. The molecule has 0 bridgehead atoms. The molecule has 1 atom stereocenters. The van der Waals surface area contributed by atoms with Gasteiger partial charge in [0.2, 0.25) is 0 Å². The molecule has 0 aliphatic carbocycles. The number of hydrogen-bond acceptors (Lipinski definition) is 1. The van der Waals surface area contributed by atoms with Crippen LogP contribution in [0, 0.1) is 6.92 Å². The van der Waals surface area contributed by atoms with E-state index < -0.39 is 5.38 Å². The molecule has 112 valence electrons. The first-order valence-corrected chi connectivity index (χ1v) is 8.03. The van der Waals surface area contributed by atoms with Crippen molar-refractivity contribution in [2.24, 2.45) is 0 Å². The quantitative estimate of drug-likeness (QED) is 0.550. The fourth-order valence-corrected chi connectivity index (χ4v) is 3.21. The smallest absolute Gasteiger partial charge is 0.139 e. The van der Waals surface area contributed by atoms with Gasteiger partial charge in [0.05, 0.1) is 17.0 Å². The average Bonchev–Trinajstić information content (AvgIpc) is 2.45. The van der Waals surface area contributed by atoms with Gasteiger partial charge in [-0.05, 0) is 42.7 Å². The molecule has 0 spiro atoms. The number of benzene rings is 2. The van der Waals surface area contributed by atoms with E-state index in [0.717, 1.165) is 16.7 Å². The first kappa shape index (κ1) is 16.8. The minimum absolute atomic E-state index is 0.427. The topological polar surface area (TPSA) is 9.23 Å². The standard InChI is InChI=1S/C16H14Cl4O/c1-3-21-15-8-13(18)11(7-14(15)19)16(20)10-5-4-6-12(17)9(10)2/h4-8,16H,3H2,1-2H3. The van der Waals surface area contributed by atoms with E-state index in [9.17, 15) is 0 Å². The Morgan fingerprint density at radius 3 is 2.38 bits per heavy atom. The van der Waals surface area contributed by atoms with Crippen LogP contribution in [-0.2, 0) is 0 Å². The molecule has 0 aliphatic heterocycles. The predicted molar refractivity (Wildman–Crippen MR) is 91.5 cm³/mol. The van der Waals surface area contributed by atoms with Gasteiger partial charge in [0.25, 0.3) is 0 Å². The lowest BCUT2D eigenvalue weighted by molar-refractivity contribution is 0.340. The molecule has 2 rings (SSSR count). The van der Waals surface area contributed by atoms with Crippen molar-refractivity contribution in [3.63, 3.8) is 0 Å². The average molecular weight is 364 g/mol. The number of halogens is 4. The molecule has 21 heavy (non-hydrogen) atoms. The van der Waals surface area contributed by atoms with Crippen molar-refractivity contribution in [2.45, 2.75) is 19.2 Å². The summed E-state index contributed by atoms with van der Waals surface area (Å²) >= 11 is 25.3. The highest BCUT2D eigenvalue weighted by Crippen LogP contribution is 2.40. The van der Waals surface area contributed by atoms with Crippen LogP contribution in [0.4, 0.5) is 0 Å². The van der Waals surface area contributed by atoms with E-state index in [0.29, 0.717) is 27.4 Å². The summed E-state index contributed by atoms with van der Waals surface area (Å²) < 4.78 is 5.42. The second-order valence-electron chi connectivity index (χ2n) is 4.55. The van der Waals surface area contributed by atoms with Gasteiger partial charge in [-0.15, -0.1) is 11.6 Å². The van der Waals surface area contributed by atoms with E-state index in [1.807, 2.05) is 32.0 Å². The number of alkyl halides is 1. The van der Waals surface area contributed by atoms with E-state index in [2.05, 4.69) is 0 Å². The Morgan fingerprint density at radius 2 is 1.71 bits per heavy atom. The third kappa shape index (κ3) is 3.60. The first-order chi connectivity index (χ1) is 9.95. The highest BCUT2D eigenvalue weighted by atomic mass is 35.5. The summed E-state index contributed by atoms with van der Waals surface area (Å²) in [4.78, 5) is 0. The van der Waals surface area contributed by atoms with Crippen molar-refractivity contribution in [3.8, 4) is 5.75 Å². The second-order valence-corrected chi connectivity index (χ2v) is 6.21. The normalized spacial score (nSPS) is 12.3. The summed E-state index contributed by atoms with van der Waals surface area (Å²) in [6.45, 7) is 4.34. The van der Waals surface area contributed by atoms with Gasteiger partial charge in [-0.3, -0.25) is 0 Å². The van der Waals surface area contributed by atoms with Crippen LogP contribution in [0.5, 0.6) is 5.75 Å². The molecule has 0 amide bonds. The zero-order chi connectivity index (χ0) is 15.6. The molecule has 0 saturated carbocycles. The maximum absolute atomic E-state index is 6.57. The molecule has 0 heterocycles. The molecular weight excluding hydrogens is 350 g/mol. The largest absolute Gasteiger partial charge is 0.492 e. The van der Waals surface area contributed by atoms with Crippen molar-refractivity contribution < 1.29 is 4.74 Å². The van der Waals surface area contributed by atoms with Gasteiger partial charge in [-0.1, -0.05) is 46.9 Å². The molecule has 1 nitrogen and oxygen atoms in total. The van der Waals surface area contributed by atoms with Gasteiger partial charge in [0, 0.05) is 16.1 Å². The molecule has 0 radical (unpaired) electrons. The molecule has 5 heteroatoms. The van der Waals surface area contributed by atoms with Crippen LogP contribution in [-0.4, -0.2) is 6.61 Å². The predicted octanol–water partition coefficient (Wildman–Crippen LogP) is 6.68. The lowest BCUT2D eigenvalue weighted by Gasteiger charge is -2.17. The van der Waals surface area contributed by atoms with Gasteiger partial charge in [0.15, 0.2) is 0 Å². The monoisotopic (exact) mass is 362 g/mol. The van der Waals surface area contributed by atoms with E-state index in [1.165, 1.54) is 0 Å². The Balaban J connectivity index is 2.46. The first-order valence-electron chi connectivity index (χ1n) is 6.46. The van der Waals surface area contributed by atoms with Crippen LogP contribution < -0.4 is 4.74 Å². The van der Waals surface area contributed by atoms with Crippen LogP contribution >= 0.6 is 46.4 Å². The van der Waals surface area contributed by atoms with Crippen LogP contribution in [0.1, 0.15) is 29.0 Å². The van der Waals surface area contributed by atoms with Crippen molar-refractivity contribution in [2.75, 3.05) is 6.61 Å². The van der Waals surface area contributed by atoms with Crippen molar-refractivity contribution in [1.82, 2.24) is 0 Å². The summed E-state index contributed by atoms with van der Waals surface area (Å²) in [5.41, 5.74) is 2.57. The van der Waals surface area contributed by atoms with E-state index in [-0.39, 0.29) is 0 Å². The van der Waals surface area contributed by atoms with Crippen LogP contribution in [0.15, 0.2) is 30.3 Å². The number of hydrogen-bond donors (Lipinski definition) is 0. The van der Waals surface area contributed by atoms with Crippen molar-refractivity contribution in [1.29, 1.82) is 0 Å². The lowest BCUT2D eigenvalue weighted by Crippen LogP contribution is -2.00. The highest BCUT2D eigenvalue weighted by Gasteiger charge is 2.19. The second kappa shape index (κ2) is 7.11. The van der Waals surface area contributed by atoms with Crippen LogP contribution in [0.3, 0.4) is 0 Å². The van der Waals surface area contributed by atoms with Gasteiger partial charge in [0.1, 0.15) is 5.75 Å². The Bertz CT molecular complexity index is 655. The SMILES string of the molecule is CCOc1cc(Cl)c(C(Cl)c2cccc(Cl)c2C)cc1Cl. The molecule has 2 aromatic carbocycles. The third-order valence-corrected chi connectivity index (χ3v) is 4.71. The van der Waals surface area contributed by atoms with Crippen LogP contribution in [0.25, 0.3) is 0 Å². The zero-order valence-corrected chi connectivity index (χ0v) is 14.6. The summed E-state index contributed by atoms with van der Waals surface area (Å²) in [7, 11) is 0. The van der Waals surface area contributed by atoms with Crippen molar-refractivity contribution in [3.05, 3.63) is 62.1 Å². The molecule has 2 aromatic rings. The molecule has 0 fully saturated rings. The fourth-order valence-electron chi connectivity index (χ4n) is 2.07. The van der Waals surface area contributed by atoms with Gasteiger partial charge < -0.3 is 4.74 Å². The minimum atomic E-state index is -0.427.